The van der Waals surface area contributed by atoms with Crippen LogP contribution in [-0.4, -0.2) is 109 Å². The van der Waals surface area contributed by atoms with Crippen LogP contribution < -0.4 is 0 Å². The fourth-order valence-electron chi connectivity index (χ4n) is 5.75. The van der Waals surface area contributed by atoms with Crippen LogP contribution >= 0.6 is 70.6 Å². The van der Waals surface area contributed by atoms with Gasteiger partial charge in [0.05, 0.1) is 30.3 Å². The molecule has 0 unspecified atom stereocenters. The van der Waals surface area contributed by atoms with E-state index in [-0.39, 0.29) is 11.1 Å². The molecule has 1 aromatic rings. The van der Waals surface area contributed by atoms with Crippen molar-refractivity contribution in [2.75, 3.05) is 34.5 Å². The number of carboxylic acid groups (broad SMARTS) is 1. The summed E-state index contributed by atoms with van der Waals surface area (Å²) in [6, 6.07) is 10.4. The molecule has 0 radical (unpaired) electrons. The van der Waals surface area contributed by atoms with Crippen molar-refractivity contribution < 1.29 is 9.90 Å². The molecule has 0 spiro atoms. The molecule has 0 saturated heterocycles. The monoisotopic (exact) mass is 716 g/mol. The van der Waals surface area contributed by atoms with Crippen molar-refractivity contribution in [3.05, 3.63) is 35.9 Å². The fraction of sp³-hybridized carbons (Fsp3) is 0.581. The number of aliphatic carboxylic acids is 1. The first-order chi connectivity index (χ1) is 21.2. The number of benzene rings is 1. The molecule has 1 N–H and O–H groups in total. The highest BCUT2D eigenvalue weighted by atomic mass is 32.2. The minimum atomic E-state index is -1.08. The molecule has 6 aliphatic heterocycles. The predicted molar refractivity (Wildman–Crippen MR) is 203 cm³/mol. The molecule has 0 fully saturated rings. The molecule has 7 rings (SSSR count). The zero-order chi connectivity index (χ0) is 31.9. The molecule has 238 valence electrons. The highest BCUT2D eigenvalue weighted by molar-refractivity contribution is 8.18. The Morgan fingerprint density at radius 2 is 0.889 bits per heavy atom. The summed E-state index contributed by atoms with van der Waals surface area (Å²) in [5.74, 6) is 3.73. The van der Waals surface area contributed by atoms with E-state index < -0.39 is 28.1 Å². The Kier molecular flexibility index (Phi) is 8.04. The Bertz CT molecular complexity index is 1660. The number of aliphatic imine (C=N–C) groups is 6. The second-order valence-corrected chi connectivity index (χ2v) is 19.3. The van der Waals surface area contributed by atoms with Crippen molar-refractivity contribution in [1.82, 2.24) is 0 Å². The van der Waals surface area contributed by atoms with Crippen LogP contribution in [0.4, 0.5) is 0 Å². The first kappa shape index (κ1) is 32.4. The van der Waals surface area contributed by atoms with Crippen LogP contribution in [0.2, 0.25) is 0 Å². The van der Waals surface area contributed by atoms with Crippen LogP contribution in [0.5, 0.6) is 0 Å². The average molecular weight is 717 g/mol. The number of hydrogen-bond donors (Lipinski definition) is 1. The summed E-state index contributed by atoms with van der Waals surface area (Å²) in [6.07, 6.45) is 0. The molecule has 14 heteroatoms. The van der Waals surface area contributed by atoms with Gasteiger partial charge in [-0.3, -0.25) is 30.0 Å². The van der Waals surface area contributed by atoms with Crippen LogP contribution in [0.15, 0.2) is 60.3 Å². The molecule has 6 atom stereocenters. The predicted octanol–water partition coefficient (Wildman–Crippen LogP) is 6.54. The highest BCUT2D eigenvalue weighted by Crippen LogP contribution is 2.48. The third-order valence-corrected chi connectivity index (χ3v) is 17.7. The van der Waals surface area contributed by atoms with E-state index in [2.05, 4.69) is 63.9 Å². The summed E-state index contributed by atoms with van der Waals surface area (Å²) in [5, 5.41) is 15.8. The molecule has 6 aliphatic rings. The number of carbonyl (C=O) groups is 1. The number of rotatable bonds is 7. The zero-order valence-electron chi connectivity index (χ0n) is 26.1. The molecule has 0 bridgehead atoms. The van der Waals surface area contributed by atoms with Gasteiger partial charge in [-0.1, -0.05) is 30.3 Å². The van der Waals surface area contributed by atoms with Gasteiger partial charge in [-0.2, -0.15) is 0 Å². The summed E-state index contributed by atoms with van der Waals surface area (Å²) in [5.41, 5.74) is -1.96. The van der Waals surface area contributed by atoms with Gasteiger partial charge in [0.15, 0.2) is 5.54 Å². The quantitative estimate of drug-likeness (QED) is 0.339. The average Bonchev–Trinajstić information content (AvgIpc) is 3.84. The highest BCUT2D eigenvalue weighted by Gasteiger charge is 2.52. The Hall–Kier alpha value is -1.19. The van der Waals surface area contributed by atoms with Gasteiger partial charge in [0.2, 0.25) is 0 Å². The van der Waals surface area contributed by atoms with Crippen LogP contribution in [0, 0.1) is 0 Å². The first-order valence-electron chi connectivity index (χ1n) is 14.8. The molecule has 0 aromatic heterocycles. The van der Waals surface area contributed by atoms with Gasteiger partial charge in [-0.25, -0.2) is 4.79 Å². The van der Waals surface area contributed by atoms with Crippen molar-refractivity contribution in [1.29, 1.82) is 0 Å². The molecule has 8 nitrogen and oxygen atoms in total. The molecule has 0 aliphatic carbocycles. The van der Waals surface area contributed by atoms with Crippen molar-refractivity contribution in [3.63, 3.8) is 0 Å². The van der Waals surface area contributed by atoms with Gasteiger partial charge >= 0.3 is 5.97 Å². The maximum Gasteiger partial charge on any atom is 0.332 e. The maximum atomic E-state index is 11.8. The number of hydrogen-bond acceptors (Lipinski definition) is 13. The van der Waals surface area contributed by atoms with Crippen molar-refractivity contribution in [2.45, 2.75) is 74.8 Å². The Morgan fingerprint density at radius 1 is 0.533 bits per heavy atom. The fourth-order valence-corrected chi connectivity index (χ4v) is 14.0. The maximum absolute atomic E-state index is 11.8. The third kappa shape index (κ3) is 5.60. The second kappa shape index (κ2) is 11.2. The van der Waals surface area contributed by atoms with Gasteiger partial charge in [0.25, 0.3) is 0 Å². The van der Waals surface area contributed by atoms with E-state index in [0.29, 0.717) is 5.75 Å². The van der Waals surface area contributed by atoms with Gasteiger partial charge in [0, 0.05) is 40.1 Å². The van der Waals surface area contributed by atoms with Crippen LogP contribution in [0.3, 0.4) is 0 Å². The van der Waals surface area contributed by atoms with Crippen LogP contribution in [-0.2, 0) is 4.79 Å². The van der Waals surface area contributed by atoms with E-state index in [0.717, 1.165) is 59.0 Å². The number of thioether (sulfide) groups is 6. The van der Waals surface area contributed by atoms with Crippen molar-refractivity contribution >= 4 is 107 Å². The molecule has 6 heterocycles. The summed E-state index contributed by atoms with van der Waals surface area (Å²) < 4.78 is 0. The van der Waals surface area contributed by atoms with Crippen molar-refractivity contribution in [3.8, 4) is 0 Å². The molecule has 0 saturated carbocycles. The lowest BCUT2D eigenvalue weighted by molar-refractivity contribution is -0.141. The molecule has 1 aromatic carbocycles. The molecular formula is C31H36N6O2S6. The van der Waals surface area contributed by atoms with E-state index >= 15 is 0 Å². The number of carboxylic acids is 1. The van der Waals surface area contributed by atoms with E-state index in [4.69, 9.17) is 25.0 Å². The van der Waals surface area contributed by atoms with Crippen LogP contribution in [0.25, 0.3) is 0 Å². The zero-order valence-corrected chi connectivity index (χ0v) is 31.0. The lowest BCUT2D eigenvalue weighted by Crippen LogP contribution is -2.35. The minimum absolute atomic E-state index is 0.318. The summed E-state index contributed by atoms with van der Waals surface area (Å²) in [7, 11) is 0. The SMILES string of the molecule is C[C@@]1(C(=O)O)CSC([C@]2(C)CSC([C@]3(C)CSC([C@]4(C)CSC([C@]5(C)CSC([C@]6(C)CSC(c7ccccc7)=N6)=N5)=N4)=N3)=N2)=N1. The summed E-state index contributed by atoms with van der Waals surface area (Å²) in [4.78, 5) is 42.8. The first-order valence-corrected chi connectivity index (χ1v) is 20.8. The lowest BCUT2D eigenvalue weighted by Gasteiger charge is -2.22. The van der Waals surface area contributed by atoms with Gasteiger partial charge in [-0.15, -0.1) is 70.6 Å². The molecule has 0 amide bonds. The summed E-state index contributed by atoms with van der Waals surface area (Å²) in [6.45, 7) is 12.6. The molecular weight excluding hydrogens is 681 g/mol. The minimum Gasteiger partial charge on any atom is -0.479 e. The topological polar surface area (TPSA) is 111 Å². The normalized spacial score (nSPS) is 41.1. The standard InChI is InChI=1S/C31H36N6O2S6/c1-26(12-40-19(32-26)18-10-8-7-9-11-18)20-33-27(2,13-41-20)21-34-28(3,14-42-21)22-35-29(4,15-43-22)23-36-30(5,16-44-23)24-37-31(6,17-45-24)25(38)39/h7-11H,12-17H2,1-6H3,(H,38,39)/t26-,27-,28-,29-,30-,31-/m0/s1. The van der Waals surface area contributed by atoms with Gasteiger partial charge in [0.1, 0.15) is 27.7 Å². The molecule has 45 heavy (non-hydrogen) atoms. The Labute approximate surface area is 290 Å². The Balaban J connectivity index is 1.10. The van der Waals surface area contributed by atoms with E-state index in [1.54, 1.807) is 30.4 Å². The number of nitrogens with zero attached hydrogens (tertiary/aromatic N) is 6. The van der Waals surface area contributed by atoms with Crippen LogP contribution in [0.1, 0.15) is 47.1 Å². The van der Waals surface area contributed by atoms with Gasteiger partial charge < -0.3 is 5.11 Å². The van der Waals surface area contributed by atoms with E-state index in [1.807, 2.05) is 41.4 Å². The van der Waals surface area contributed by atoms with E-state index in [1.165, 1.54) is 17.3 Å². The lowest BCUT2D eigenvalue weighted by atomic mass is 10.0. The smallest absolute Gasteiger partial charge is 0.332 e. The van der Waals surface area contributed by atoms with Gasteiger partial charge in [-0.05, 0) is 41.5 Å². The largest absolute Gasteiger partial charge is 0.479 e. The third-order valence-electron chi connectivity index (χ3n) is 8.81. The second-order valence-electron chi connectivity index (χ2n) is 13.5. The van der Waals surface area contributed by atoms with Crippen molar-refractivity contribution in [2.24, 2.45) is 30.0 Å². The Morgan fingerprint density at radius 3 is 1.29 bits per heavy atom. The van der Waals surface area contributed by atoms with E-state index in [9.17, 15) is 9.90 Å². The summed E-state index contributed by atoms with van der Waals surface area (Å²) >= 11 is 10.5.